The Hall–Kier alpha value is -0.910. The molecule has 1 fully saturated rings. The number of halogens is 1. The van der Waals surface area contributed by atoms with Crippen LogP contribution in [0.4, 0.5) is 0 Å². The van der Waals surface area contributed by atoms with Gasteiger partial charge < -0.3 is 14.8 Å². The minimum absolute atomic E-state index is 0.0849. The SMILES string of the molecule is Cc1cc(Br)ccc1C(=O)NCC1COC(C)(C)O1. The second-order valence-electron chi connectivity index (χ2n) is 5.12. The fourth-order valence-corrected chi connectivity index (χ4v) is 2.52. The molecular formula is C14H18BrNO3. The molecule has 0 aliphatic carbocycles. The summed E-state index contributed by atoms with van der Waals surface area (Å²) in [6, 6.07) is 5.60. The van der Waals surface area contributed by atoms with Crippen molar-refractivity contribution in [1.82, 2.24) is 5.32 Å². The normalized spacial score (nSPS) is 21.4. The quantitative estimate of drug-likeness (QED) is 0.928. The van der Waals surface area contributed by atoms with Crippen LogP contribution in [0.2, 0.25) is 0 Å². The van der Waals surface area contributed by atoms with Crippen LogP contribution in [0.15, 0.2) is 22.7 Å². The summed E-state index contributed by atoms with van der Waals surface area (Å²) in [5.41, 5.74) is 1.62. The third kappa shape index (κ3) is 3.78. The summed E-state index contributed by atoms with van der Waals surface area (Å²) in [4.78, 5) is 12.1. The Balaban J connectivity index is 1.91. The third-order valence-electron chi connectivity index (χ3n) is 2.99. The van der Waals surface area contributed by atoms with E-state index in [0.29, 0.717) is 18.7 Å². The lowest BCUT2D eigenvalue weighted by atomic mass is 10.1. The predicted octanol–water partition coefficient (Wildman–Crippen LogP) is 2.64. The summed E-state index contributed by atoms with van der Waals surface area (Å²) in [7, 11) is 0. The number of carbonyl (C=O) groups excluding carboxylic acids is 1. The smallest absolute Gasteiger partial charge is 0.251 e. The molecule has 1 aliphatic heterocycles. The first kappa shape index (κ1) is 14.5. The van der Waals surface area contributed by atoms with E-state index in [1.165, 1.54) is 0 Å². The number of ether oxygens (including phenoxy) is 2. The van der Waals surface area contributed by atoms with E-state index in [2.05, 4.69) is 21.2 Å². The molecule has 1 aliphatic rings. The van der Waals surface area contributed by atoms with Crippen LogP contribution in [-0.2, 0) is 9.47 Å². The van der Waals surface area contributed by atoms with Crippen molar-refractivity contribution in [1.29, 1.82) is 0 Å². The molecule has 0 spiro atoms. The van der Waals surface area contributed by atoms with Crippen LogP contribution in [-0.4, -0.2) is 30.9 Å². The highest BCUT2D eigenvalue weighted by atomic mass is 79.9. The van der Waals surface area contributed by atoms with Crippen molar-refractivity contribution in [2.45, 2.75) is 32.7 Å². The van der Waals surface area contributed by atoms with E-state index in [1.807, 2.05) is 39.0 Å². The molecule has 1 unspecified atom stereocenters. The number of aryl methyl sites for hydroxylation is 1. The van der Waals surface area contributed by atoms with Crippen molar-refractivity contribution in [2.24, 2.45) is 0 Å². The van der Waals surface area contributed by atoms with Gasteiger partial charge in [-0.2, -0.15) is 0 Å². The number of hydrogen-bond donors (Lipinski definition) is 1. The van der Waals surface area contributed by atoms with Gasteiger partial charge in [-0.15, -0.1) is 0 Å². The standard InChI is InChI=1S/C14H18BrNO3/c1-9-6-10(15)4-5-12(9)13(17)16-7-11-8-18-14(2,3)19-11/h4-6,11H,7-8H2,1-3H3,(H,16,17). The van der Waals surface area contributed by atoms with E-state index in [9.17, 15) is 4.79 Å². The summed E-state index contributed by atoms with van der Waals surface area (Å²) >= 11 is 3.38. The zero-order chi connectivity index (χ0) is 14.0. The van der Waals surface area contributed by atoms with Crippen molar-refractivity contribution in [2.75, 3.05) is 13.2 Å². The predicted molar refractivity (Wildman–Crippen MR) is 76.1 cm³/mol. The highest BCUT2D eigenvalue weighted by Gasteiger charge is 2.32. The molecule has 1 aromatic rings. The maximum atomic E-state index is 12.1. The Morgan fingerprint density at radius 2 is 2.26 bits per heavy atom. The van der Waals surface area contributed by atoms with Gasteiger partial charge in [0.05, 0.1) is 6.61 Å². The molecule has 19 heavy (non-hydrogen) atoms. The molecule has 4 nitrogen and oxygen atoms in total. The fraction of sp³-hybridized carbons (Fsp3) is 0.500. The van der Waals surface area contributed by atoms with Gasteiger partial charge in [0.1, 0.15) is 6.10 Å². The van der Waals surface area contributed by atoms with Crippen LogP contribution < -0.4 is 5.32 Å². The highest BCUT2D eigenvalue weighted by molar-refractivity contribution is 9.10. The zero-order valence-electron chi connectivity index (χ0n) is 11.3. The van der Waals surface area contributed by atoms with Crippen LogP contribution in [0, 0.1) is 6.92 Å². The first-order valence-electron chi connectivity index (χ1n) is 6.23. The summed E-state index contributed by atoms with van der Waals surface area (Å²) in [6.45, 7) is 6.61. The van der Waals surface area contributed by atoms with Gasteiger partial charge in [0.2, 0.25) is 0 Å². The number of benzene rings is 1. The van der Waals surface area contributed by atoms with Crippen LogP contribution in [0.25, 0.3) is 0 Å². The molecule has 1 N–H and O–H groups in total. The molecular weight excluding hydrogens is 310 g/mol. The summed E-state index contributed by atoms with van der Waals surface area (Å²) in [5, 5.41) is 2.88. The third-order valence-corrected chi connectivity index (χ3v) is 3.48. The number of carbonyl (C=O) groups is 1. The van der Waals surface area contributed by atoms with Crippen molar-refractivity contribution in [3.05, 3.63) is 33.8 Å². The van der Waals surface area contributed by atoms with E-state index in [4.69, 9.17) is 9.47 Å². The van der Waals surface area contributed by atoms with E-state index in [-0.39, 0.29) is 12.0 Å². The first-order chi connectivity index (χ1) is 8.87. The van der Waals surface area contributed by atoms with Gasteiger partial charge in [0, 0.05) is 16.6 Å². The van der Waals surface area contributed by atoms with Gasteiger partial charge in [-0.25, -0.2) is 0 Å². The van der Waals surface area contributed by atoms with E-state index < -0.39 is 5.79 Å². The molecule has 1 atom stereocenters. The van der Waals surface area contributed by atoms with Gasteiger partial charge in [-0.05, 0) is 44.5 Å². The molecule has 2 rings (SSSR count). The monoisotopic (exact) mass is 327 g/mol. The molecule has 0 bridgehead atoms. The molecule has 1 heterocycles. The van der Waals surface area contributed by atoms with Crippen LogP contribution in [0.3, 0.4) is 0 Å². The number of amides is 1. The average Bonchev–Trinajstić information content (AvgIpc) is 2.66. The maximum absolute atomic E-state index is 12.1. The van der Waals surface area contributed by atoms with Gasteiger partial charge in [-0.1, -0.05) is 15.9 Å². The zero-order valence-corrected chi connectivity index (χ0v) is 12.9. The van der Waals surface area contributed by atoms with Crippen molar-refractivity contribution >= 4 is 21.8 Å². The van der Waals surface area contributed by atoms with Crippen LogP contribution in [0.5, 0.6) is 0 Å². The lowest BCUT2D eigenvalue weighted by Gasteiger charge is -2.17. The van der Waals surface area contributed by atoms with Gasteiger partial charge in [-0.3, -0.25) is 4.79 Å². The lowest BCUT2D eigenvalue weighted by Crippen LogP contribution is -2.34. The number of hydrogen-bond acceptors (Lipinski definition) is 3. The van der Waals surface area contributed by atoms with Crippen LogP contribution in [0.1, 0.15) is 29.8 Å². The molecule has 0 saturated carbocycles. The van der Waals surface area contributed by atoms with Gasteiger partial charge >= 0.3 is 0 Å². The Kier molecular flexibility index (Phi) is 4.28. The lowest BCUT2D eigenvalue weighted by molar-refractivity contribution is -0.137. The molecule has 1 aromatic carbocycles. The molecule has 104 valence electrons. The Labute approximate surface area is 121 Å². The van der Waals surface area contributed by atoms with Gasteiger partial charge in [0.25, 0.3) is 5.91 Å². The molecule has 1 amide bonds. The second-order valence-corrected chi connectivity index (χ2v) is 6.04. The minimum Gasteiger partial charge on any atom is -0.349 e. The van der Waals surface area contributed by atoms with Crippen molar-refractivity contribution < 1.29 is 14.3 Å². The molecule has 5 heteroatoms. The van der Waals surface area contributed by atoms with Crippen molar-refractivity contribution in [3.63, 3.8) is 0 Å². The average molecular weight is 328 g/mol. The van der Waals surface area contributed by atoms with Crippen molar-refractivity contribution in [3.8, 4) is 0 Å². The summed E-state index contributed by atoms with van der Waals surface area (Å²) < 4.78 is 12.1. The molecule has 0 aromatic heterocycles. The topological polar surface area (TPSA) is 47.6 Å². The van der Waals surface area contributed by atoms with E-state index >= 15 is 0 Å². The minimum atomic E-state index is -0.553. The Morgan fingerprint density at radius 1 is 1.53 bits per heavy atom. The number of nitrogens with one attached hydrogen (secondary N) is 1. The fourth-order valence-electron chi connectivity index (χ4n) is 2.05. The highest BCUT2D eigenvalue weighted by Crippen LogP contribution is 2.22. The molecule has 0 radical (unpaired) electrons. The molecule has 1 saturated heterocycles. The number of rotatable bonds is 3. The van der Waals surface area contributed by atoms with E-state index in [1.54, 1.807) is 0 Å². The Bertz CT molecular complexity index is 488. The van der Waals surface area contributed by atoms with Gasteiger partial charge in [0.15, 0.2) is 5.79 Å². The second kappa shape index (κ2) is 5.61. The van der Waals surface area contributed by atoms with Crippen LogP contribution >= 0.6 is 15.9 Å². The maximum Gasteiger partial charge on any atom is 0.251 e. The largest absolute Gasteiger partial charge is 0.349 e. The summed E-state index contributed by atoms with van der Waals surface area (Å²) in [5.74, 6) is -0.638. The first-order valence-corrected chi connectivity index (χ1v) is 7.03. The summed E-state index contributed by atoms with van der Waals surface area (Å²) in [6.07, 6.45) is -0.0882. The van der Waals surface area contributed by atoms with E-state index in [0.717, 1.165) is 10.0 Å². The Morgan fingerprint density at radius 3 is 2.84 bits per heavy atom.